The van der Waals surface area contributed by atoms with Crippen molar-refractivity contribution in [3.8, 4) is 6.01 Å². The van der Waals surface area contributed by atoms with Crippen LogP contribution in [0.25, 0.3) is 0 Å². The molecule has 0 aliphatic carbocycles. The highest BCUT2D eigenvalue weighted by molar-refractivity contribution is 5.35. The molecule has 2 N–H and O–H groups in total. The predicted octanol–water partition coefficient (Wildman–Crippen LogP) is 2.94. The van der Waals surface area contributed by atoms with Crippen LogP contribution in [0.5, 0.6) is 6.01 Å². The Labute approximate surface area is 121 Å². The molecule has 6 heteroatoms. The van der Waals surface area contributed by atoms with Crippen LogP contribution in [0.4, 0.5) is 11.9 Å². The summed E-state index contributed by atoms with van der Waals surface area (Å²) >= 11 is 0. The van der Waals surface area contributed by atoms with Gasteiger partial charge in [0.1, 0.15) is 0 Å². The van der Waals surface area contributed by atoms with Gasteiger partial charge in [-0.25, -0.2) is 0 Å². The monoisotopic (exact) mass is 281 g/mol. The van der Waals surface area contributed by atoms with Gasteiger partial charge in [0, 0.05) is 13.1 Å². The Balaban J connectivity index is 2.74. The largest absolute Gasteiger partial charge is 0.463 e. The van der Waals surface area contributed by atoms with Crippen LogP contribution in [0.3, 0.4) is 0 Å². The van der Waals surface area contributed by atoms with Gasteiger partial charge < -0.3 is 15.4 Å². The number of nitrogens with one attached hydrogen (secondary N) is 2. The minimum atomic E-state index is 0.379. The maximum Gasteiger partial charge on any atom is 0.323 e. The second-order valence-electron chi connectivity index (χ2n) is 4.71. The molecule has 0 aliphatic rings. The van der Waals surface area contributed by atoms with Crippen LogP contribution in [0.1, 0.15) is 47.0 Å². The molecule has 1 aromatic heterocycles. The molecule has 6 nitrogen and oxygen atoms in total. The molecule has 0 aromatic carbocycles. The van der Waals surface area contributed by atoms with E-state index in [9.17, 15) is 0 Å². The first kappa shape index (κ1) is 16.5. The Kier molecular flexibility index (Phi) is 7.69. The van der Waals surface area contributed by atoms with E-state index >= 15 is 0 Å². The van der Waals surface area contributed by atoms with Crippen LogP contribution in [0, 0.1) is 5.92 Å². The smallest absolute Gasteiger partial charge is 0.323 e. The number of hydrogen-bond acceptors (Lipinski definition) is 6. The minimum Gasteiger partial charge on any atom is -0.463 e. The van der Waals surface area contributed by atoms with Crippen LogP contribution >= 0.6 is 0 Å². The van der Waals surface area contributed by atoms with E-state index in [0.717, 1.165) is 32.4 Å². The van der Waals surface area contributed by atoms with Crippen molar-refractivity contribution < 1.29 is 4.74 Å². The molecule has 0 atom stereocenters. The average molecular weight is 281 g/mol. The molecule has 1 aromatic rings. The molecule has 1 heterocycles. The lowest BCUT2D eigenvalue weighted by Crippen LogP contribution is -2.16. The van der Waals surface area contributed by atoms with Crippen LogP contribution in [0.15, 0.2) is 0 Å². The van der Waals surface area contributed by atoms with Gasteiger partial charge in [0.25, 0.3) is 0 Å². The lowest BCUT2D eigenvalue weighted by molar-refractivity contribution is 0.292. The SMILES string of the molecule is CCCOc1nc(NCC)nc(NCC(CC)CC)n1. The van der Waals surface area contributed by atoms with Gasteiger partial charge in [-0.05, 0) is 19.3 Å². The summed E-state index contributed by atoms with van der Waals surface area (Å²) < 4.78 is 5.50. The number of hydrogen-bond donors (Lipinski definition) is 2. The average Bonchev–Trinajstić information content (AvgIpc) is 2.46. The first-order valence-electron chi connectivity index (χ1n) is 7.59. The lowest BCUT2D eigenvalue weighted by Gasteiger charge is -2.14. The van der Waals surface area contributed by atoms with Gasteiger partial charge in [-0.15, -0.1) is 0 Å². The Morgan fingerprint density at radius 1 is 0.950 bits per heavy atom. The van der Waals surface area contributed by atoms with Gasteiger partial charge in [-0.3, -0.25) is 0 Å². The number of aromatic nitrogens is 3. The van der Waals surface area contributed by atoms with Crippen molar-refractivity contribution in [1.82, 2.24) is 15.0 Å². The summed E-state index contributed by atoms with van der Waals surface area (Å²) in [5, 5.41) is 6.38. The summed E-state index contributed by atoms with van der Waals surface area (Å²) in [7, 11) is 0. The van der Waals surface area contributed by atoms with E-state index < -0.39 is 0 Å². The van der Waals surface area contributed by atoms with E-state index in [0.29, 0.717) is 30.4 Å². The zero-order valence-corrected chi connectivity index (χ0v) is 13.1. The van der Waals surface area contributed by atoms with Gasteiger partial charge in [-0.1, -0.05) is 33.6 Å². The molecule has 1 rings (SSSR count). The molecule has 114 valence electrons. The third kappa shape index (κ3) is 5.59. The number of nitrogens with zero attached hydrogens (tertiary/aromatic N) is 3. The fourth-order valence-corrected chi connectivity index (χ4v) is 1.74. The number of rotatable bonds is 10. The Bertz CT molecular complexity index is 382. The fraction of sp³-hybridized carbons (Fsp3) is 0.786. The Hall–Kier alpha value is -1.59. The molecule has 0 radical (unpaired) electrons. The van der Waals surface area contributed by atoms with Crippen molar-refractivity contribution in [2.75, 3.05) is 30.3 Å². The first-order valence-corrected chi connectivity index (χ1v) is 7.59. The van der Waals surface area contributed by atoms with Crippen molar-refractivity contribution >= 4 is 11.9 Å². The Morgan fingerprint density at radius 2 is 1.60 bits per heavy atom. The standard InChI is InChI=1S/C14H27N5O/c1-5-9-20-14-18-12(15-8-4)17-13(19-14)16-10-11(6-2)7-3/h11H,5-10H2,1-4H3,(H2,15,16,17,18,19). The maximum absolute atomic E-state index is 5.50. The van der Waals surface area contributed by atoms with Gasteiger partial charge in [-0.2, -0.15) is 15.0 Å². The highest BCUT2D eigenvalue weighted by Gasteiger charge is 2.09. The van der Waals surface area contributed by atoms with Gasteiger partial charge in [0.15, 0.2) is 0 Å². The van der Waals surface area contributed by atoms with Crippen molar-refractivity contribution in [3.05, 3.63) is 0 Å². The lowest BCUT2D eigenvalue weighted by atomic mass is 10.0. The van der Waals surface area contributed by atoms with Gasteiger partial charge >= 0.3 is 6.01 Å². The highest BCUT2D eigenvalue weighted by Crippen LogP contribution is 2.13. The molecule has 0 bridgehead atoms. The number of ether oxygens (including phenoxy) is 1. The van der Waals surface area contributed by atoms with E-state index in [2.05, 4.69) is 46.4 Å². The summed E-state index contributed by atoms with van der Waals surface area (Å²) in [6.45, 7) is 10.7. The molecule has 0 spiro atoms. The Morgan fingerprint density at radius 3 is 2.15 bits per heavy atom. The second-order valence-corrected chi connectivity index (χ2v) is 4.71. The summed E-state index contributed by atoms with van der Waals surface area (Å²) in [5.41, 5.74) is 0. The summed E-state index contributed by atoms with van der Waals surface area (Å²) in [6, 6.07) is 0.379. The summed E-state index contributed by atoms with van der Waals surface area (Å²) in [6.07, 6.45) is 3.22. The third-order valence-electron chi connectivity index (χ3n) is 3.09. The topological polar surface area (TPSA) is 72.0 Å². The molecular weight excluding hydrogens is 254 g/mol. The molecule has 0 aliphatic heterocycles. The van der Waals surface area contributed by atoms with Crippen LogP contribution in [-0.2, 0) is 0 Å². The quantitative estimate of drug-likeness (QED) is 0.687. The van der Waals surface area contributed by atoms with Gasteiger partial charge in [0.05, 0.1) is 6.61 Å². The number of anilines is 2. The summed E-state index contributed by atoms with van der Waals surface area (Å²) in [4.78, 5) is 12.9. The molecule has 0 fully saturated rings. The van der Waals surface area contributed by atoms with E-state index in [1.54, 1.807) is 0 Å². The van der Waals surface area contributed by atoms with Crippen LogP contribution in [-0.4, -0.2) is 34.6 Å². The van der Waals surface area contributed by atoms with E-state index in [4.69, 9.17) is 4.74 Å². The van der Waals surface area contributed by atoms with Gasteiger partial charge in [0.2, 0.25) is 11.9 Å². The molecule has 0 saturated carbocycles. The summed E-state index contributed by atoms with van der Waals surface area (Å²) in [5.74, 6) is 1.77. The second kappa shape index (κ2) is 9.34. The molecule has 0 saturated heterocycles. The highest BCUT2D eigenvalue weighted by atomic mass is 16.5. The van der Waals surface area contributed by atoms with Crippen molar-refractivity contribution in [1.29, 1.82) is 0 Å². The molecule has 0 unspecified atom stereocenters. The minimum absolute atomic E-state index is 0.379. The van der Waals surface area contributed by atoms with E-state index in [1.165, 1.54) is 0 Å². The maximum atomic E-state index is 5.50. The zero-order chi connectivity index (χ0) is 14.8. The van der Waals surface area contributed by atoms with E-state index in [1.807, 2.05) is 6.92 Å². The van der Waals surface area contributed by atoms with Crippen molar-refractivity contribution in [3.63, 3.8) is 0 Å². The van der Waals surface area contributed by atoms with Crippen LogP contribution < -0.4 is 15.4 Å². The predicted molar refractivity (Wildman–Crippen MR) is 82.3 cm³/mol. The normalized spacial score (nSPS) is 10.7. The van der Waals surface area contributed by atoms with Crippen LogP contribution in [0.2, 0.25) is 0 Å². The third-order valence-corrected chi connectivity index (χ3v) is 3.09. The molecule has 0 amide bonds. The van der Waals surface area contributed by atoms with E-state index in [-0.39, 0.29) is 0 Å². The fourth-order valence-electron chi connectivity index (χ4n) is 1.74. The molecule has 20 heavy (non-hydrogen) atoms. The first-order chi connectivity index (χ1) is 9.73. The van der Waals surface area contributed by atoms with Crippen molar-refractivity contribution in [2.45, 2.75) is 47.0 Å². The van der Waals surface area contributed by atoms with Crippen molar-refractivity contribution in [2.24, 2.45) is 5.92 Å². The zero-order valence-electron chi connectivity index (χ0n) is 13.1. The molecular formula is C14H27N5O.